The van der Waals surface area contributed by atoms with Crippen LogP contribution in [-0.4, -0.2) is 24.3 Å². The molecule has 0 N–H and O–H groups in total. The number of hydrogen-bond acceptors (Lipinski definition) is 7. The third-order valence-electron chi connectivity index (χ3n) is 8.82. The summed E-state index contributed by atoms with van der Waals surface area (Å²) in [5.41, 5.74) is 3.28. The number of benzene rings is 3. The number of esters is 1. The zero-order valence-corrected chi connectivity index (χ0v) is 30.1. The number of carbonyl (C=O) groups is 1. The fraction of sp³-hybridized carbons (Fsp3) is 0.465. The third kappa shape index (κ3) is 13.4. The Labute approximate surface area is 298 Å². The number of nitrogens with zero attached hydrogens (tertiary/aromatic N) is 2. The van der Waals surface area contributed by atoms with Gasteiger partial charge in [0, 0.05) is 23.3 Å². The van der Waals surface area contributed by atoms with Crippen LogP contribution in [-0.2, 0) is 0 Å². The Hall–Kier alpha value is -4.57. The van der Waals surface area contributed by atoms with E-state index in [2.05, 4.69) is 25.1 Å². The first kappa shape index (κ1) is 38.2. The van der Waals surface area contributed by atoms with Gasteiger partial charge in [0.2, 0.25) is 0 Å². The molecule has 0 bridgehead atoms. The summed E-state index contributed by atoms with van der Waals surface area (Å²) in [7, 11) is 0. The summed E-state index contributed by atoms with van der Waals surface area (Å²) in [6, 6.07) is 23.6. The molecule has 7 heteroatoms. The van der Waals surface area contributed by atoms with Crippen molar-refractivity contribution in [3.63, 3.8) is 0 Å². The first-order valence-corrected chi connectivity index (χ1v) is 18.8. The van der Waals surface area contributed by atoms with Gasteiger partial charge in [-0.2, -0.15) is 5.26 Å². The molecule has 0 amide bonds. The SMILES string of the molecule is CCCCCCCCCCOc1cc(OCCCCCCCCCC)cc(C(=O)Oc2ccc(-c3cc(-c4ccc(C#N)cc4)on3)cc2)c1. The van der Waals surface area contributed by atoms with Gasteiger partial charge in [-0.25, -0.2) is 4.79 Å². The molecule has 0 aliphatic rings. The minimum absolute atomic E-state index is 0.386. The molecule has 266 valence electrons. The topological polar surface area (TPSA) is 94.6 Å². The van der Waals surface area contributed by atoms with E-state index < -0.39 is 5.97 Å². The maximum atomic E-state index is 13.3. The quantitative estimate of drug-likeness (QED) is 0.0413. The lowest BCUT2D eigenvalue weighted by Crippen LogP contribution is -2.10. The lowest BCUT2D eigenvalue weighted by Gasteiger charge is -2.13. The summed E-state index contributed by atoms with van der Waals surface area (Å²) < 4.78 is 23.5. The summed E-state index contributed by atoms with van der Waals surface area (Å²) in [5.74, 6) is 1.78. The highest BCUT2D eigenvalue weighted by atomic mass is 16.5. The summed E-state index contributed by atoms with van der Waals surface area (Å²) >= 11 is 0. The Kier molecular flexibility index (Phi) is 17.0. The van der Waals surface area contributed by atoms with Crippen molar-refractivity contribution in [3.8, 4) is 45.9 Å². The third-order valence-corrected chi connectivity index (χ3v) is 8.82. The number of carbonyl (C=O) groups excluding carboxylic acids is 1. The molecule has 0 unspecified atom stereocenters. The summed E-state index contributed by atoms with van der Waals surface area (Å²) in [6.45, 7) is 5.68. The van der Waals surface area contributed by atoms with E-state index in [9.17, 15) is 4.79 Å². The van der Waals surface area contributed by atoms with Crippen LogP contribution < -0.4 is 14.2 Å². The van der Waals surface area contributed by atoms with Gasteiger partial charge in [0.15, 0.2) is 5.76 Å². The van der Waals surface area contributed by atoms with Crippen molar-refractivity contribution in [1.29, 1.82) is 5.26 Å². The Morgan fingerprint density at radius 1 is 0.620 bits per heavy atom. The van der Waals surface area contributed by atoms with Crippen molar-refractivity contribution in [2.45, 2.75) is 117 Å². The summed E-state index contributed by atoms with van der Waals surface area (Å²) in [6.07, 6.45) is 19.7. The van der Waals surface area contributed by atoms with Crippen molar-refractivity contribution in [2.24, 2.45) is 0 Å². The Morgan fingerprint density at radius 2 is 1.12 bits per heavy atom. The molecule has 0 saturated carbocycles. The number of nitriles is 1. The van der Waals surface area contributed by atoms with E-state index in [1.807, 2.05) is 36.4 Å². The summed E-state index contributed by atoms with van der Waals surface area (Å²) in [5, 5.41) is 13.2. The Balaban J connectivity index is 1.33. The minimum atomic E-state index is -0.475. The molecular weight excluding hydrogens is 624 g/mol. The molecule has 1 aromatic heterocycles. The average molecular weight is 679 g/mol. The standard InChI is InChI=1S/C43H54N2O5/c1-3-5-7-9-11-13-15-17-27-47-39-29-37(30-40(31-39)48-28-18-16-14-12-10-8-6-4-2)43(46)49-38-25-23-35(24-26-38)41-32-42(50-45-41)36-21-19-34(33-44)20-22-36/h19-26,29-32H,3-18,27-28H2,1-2H3. The fourth-order valence-corrected chi connectivity index (χ4v) is 5.82. The first-order valence-electron chi connectivity index (χ1n) is 18.8. The Bertz CT molecular complexity index is 1550. The molecule has 0 atom stereocenters. The largest absolute Gasteiger partial charge is 0.493 e. The van der Waals surface area contributed by atoms with E-state index >= 15 is 0 Å². The molecule has 0 radical (unpaired) electrons. The van der Waals surface area contributed by atoms with E-state index in [0.29, 0.717) is 53.0 Å². The van der Waals surface area contributed by atoms with Crippen LogP contribution in [0.4, 0.5) is 0 Å². The number of hydrogen-bond donors (Lipinski definition) is 0. The van der Waals surface area contributed by atoms with Crippen molar-refractivity contribution < 1.29 is 23.5 Å². The zero-order chi connectivity index (χ0) is 35.2. The van der Waals surface area contributed by atoms with Crippen LogP contribution in [0.5, 0.6) is 17.2 Å². The van der Waals surface area contributed by atoms with E-state index in [1.54, 1.807) is 36.4 Å². The molecule has 4 rings (SSSR count). The van der Waals surface area contributed by atoms with Crippen molar-refractivity contribution in [2.75, 3.05) is 13.2 Å². The molecular formula is C43H54N2O5. The molecule has 0 spiro atoms. The van der Waals surface area contributed by atoms with Crippen LogP contribution >= 0.6 is 0 Å². The number of rotatable bonds is 24. The van der Waals surface area contributed by atoms with Crippen LogP contribution in [0, 0.1) is 11.3 Å². The van der Waals surface area contributed by atoms with Gasteiger partial charge in [-0.05, 0) is 73.5 Å². The van der Waals surface area contributed by atoms with Gasteiger partial charge in [-0.3, -0.25) is 0 Å². The van der Waals surface area contributed by atoms with Gasteiger partial charge in [-0.15, -0.1) is 0 Å². The zero-order valence-electron chi connectivity index (χ0n) is 30.1. The van der Waals surface area contributed by atoms with Crippen LogP contribution in [0.15, 0.2) is 77.3 Å². The van der Waals surface area contributed by atoms with Gasteiger partial charge in [0.25, 0.3) is 0 Å². The second-order valence-corrected chi connectivity index (χ2v) is 13.0. The number of aromatic nitrogens is 1. The van der Waals surface area contributed by atoms with Gasteiger partial charge in [-0.1, -0.05) is 109 Å². The van der Waals surface area contributed by atoms with Crippen molar-refractivity contribution in [1.82, 2.24) is 5.16 Å². The Morgan fingerprint density at radius 3 is 1.64 bits per heavy atom. The van der Waals surface area contributed by atoms with Crippen LogP contribution in [0.1, 0.15) is 133 Å². The second kappa shape index (κ2) is 22.2. The fourth-order valence-electron chi connectivity index (χ4n) is 5.82. The molecule has 7 nitrogen and oxygen atoms in total. The van der Waals surface area contributed by atoms with Crippen LogP contribution in [0.2, 0.25) is 0 Å². The van der Waals surface area contributed by atoms with Gasteiger partial charge >= 0.3 is 5.97 Å². The first-order chi connectivity index (χ1) is 24.6. The number of ether oxygens (including phenoxy) is 3. The molecule has 4 aromatic rings. The van der Waals surface area contributed by atoms with E-state index in [4.69, 9.17) is 24.0 Å². The monoisotopic (exact) mass is 678 g/mol. The molecule has 0 aliphatic heterocycles. The van der Waals surface area contributed by atoms with Crippen molar-refractivity contribution >= 4 is 5.97 Å². The van der Waals surface area contributed by atoms with E-state index in [0.717, 1.165) is 36.8 Å². The second-order valence-electron chi connectivity index (χ2n) is 13.0. The van der Waals surface area contributed by atoms with E-state index in [1.165, 1.54) is 77.0 Å². The lowest BCUT2D eigenvalue weighted by molar-refractivity contribution is 0.0733. The highest BCUT2D eigenvalue weighted by Gasteiger charge is 2.15. The average Bonchev–Trinajstić information content (AvgIpc) is 3.64. The predicted octanol–water partition coefficient (Wildman–Crippen LogP) is 12.1. The highest BCUT2D eigenvalue weighted by molar-refractivity contribution is 5.92. The van der Waals surface area contributed by atoms with Crippen LogP contribution in [0.25, 0.3) is 22.6 Å². The lowest BCUT2D eigenvalue weighted by atomic mass is 10.1. The summed E-state index contributed by atoms with van der Waals surface area (Å²) in [4.78, 5) is 13.3. The molecule has 50 heavy (non-hydrogen) atoms. The highest BCUT2D eigenvalue weighted by Crippen LogP contribution is 2.29. The van der Waals surface area contributed by atoms with Crippen LogP contribution in [0.3, 0.4) is 0 Å². The molecule has 3 aromatic carbocycles. The molecule has 0 fully saturated rings. The maximum Gasteiger partial charge on any atom is 0.343 e. The maximum absolute atomic E-state index is 13.3. The number of unbranched alkanes of at least 4 members (excludes halogenated alkanes) is 14. The molecule has 0 saturated heterocycles. The normalized spacial score (nSPS) is 10.9. The van der Waals surface area contributed by atoms with Gasteiger partial charge < -0.3 is 18.7 Å². The molecule has 0 aliphatic carbocycles. The van der Waals surface area contributed by atoms with Crippen molar-refractivity contribution in [3.05, 3.63) is 83.9 Å². The predicted molar refractivity (Wildman–Crippen MR) is 200 cm³/mol. The van der Waals surface area contributed by atoms with Gasteiger partial charge in [0.1, 0.15) is 22.9 Å². The minimum Gasteiger partial charge on any atom is -0.493 e. The van der Waals surface area contributed by atoms with Gasteiger partial charge in [0.05, 0.1) is 30.4 Å². The van der Waals surface area contributed by atoms with E-state index in [-0.39, 0.29) is 0 Å². The smallest absolute Gasteiger partial charge is 0.343 e. The molecule has 1 heterocycles.